The lowest BCUT2D eigenvalue weighted by atomic mass is 10.1. The number of methoxy groups -OCH3 is 1. The molecule has 0 aliphatic rings. The van der Waals surface area contributed by atoms with Crippen LogP contribution in [0.1, 0.15) is 25.8 Å². The number of benzene rings is 1. The van der Waals surface area contributed by atoms with Crippen LogP contribution in [0.2, 0.25) is 0 Å². The van der Waals surface area contributed by atoms with Crippen molar-refractivity contribution in [1.29, 1.82) is 0 Å². The summed E-state index contributed by atoms with van der Waals surface area (Å²) in [5.41, 5.74) is 1.25. The maximum absolute atomic E-state index is 11.5. The summed E-state index contributed by atoms with van der Waals surface area (Å²) < 4.78 is 10.1. The molecule has 0 aliphatic heterocycles. The first-order valence-electron chi connectivity index (χ1n) is 7.20. The van der Waals surface area contributed by atoms with Gasteiger partial charge in [-0.3, -0.25) is 9.69 Å². The molecule has 112 valence electrons. The minimum Gasteiger partial charge on any atom is -0.497 e. The summed E-state index contributed by atoms with van der Waals surface area (Å²) >= 11 is 0. The Morgan fingerprint density at radius 2 is 1.85 bits per heavy atom. The summed E-state index contributed by atoms with van der Waals surface area (Å²) in [5.74, 6) is 0.723. The first kappa shape index (κ1) is 16.5. The van der Waals surface area contributed by atoms with Crippen LogP contribution >= 0.6 is 0 Å². The Kier molecular flexibility index (Phi) is 7.73. The standard InChI is InChI=1S/C16H25NO3/c1-4-11-17(13-16(18)20-5-2)12-10-14-6-8-15(19-3)9-7-14/h6-9H,4-5,10-13H2,1-3H3. The monoisotopic (exact) mass is 279 g/mol. The summed E-state index contributed by atoms with van der Waals surface area (Å²) in [5, 5.41) is 0. The van der Waals surface area contributed by atoms with Gasteiger partial charge in [0.05, 0.1) is 20.3 Å². The van der Waals surface area contributed by atoms with E-state index in [1.54, 1.807) is 7.11 Å². The quantitative estimate of drug-likeness (QED) is 0.651. The fraction of sp³-hybridized carbons (Fsp3) is 0.562. The zero-order valence-electron chi connectivity index (χ0n) is 12.7. The highest BCUT2D eigenvalue weighted by molar-refractivity contribution is 5.71. The third kappa shape index (κ3) is 6.06. The molecule has 0 radical (unpaired) electrons. The second-order valence-electron chi connectivity index (χ2n) is 4.68. The molecule has 0 bridgehead atoms. The molecule has 0 N–H and O–H groups in total. The van der Waals surface area contributed by atoms with E-state index >= 15 is 0 Å². The third-order valence-electron chi connectivity index (χ3n) is 3.07. The Bertz CT molecular complexity index is 389. The maximum atomic E-state index is 11.5. The lowest BCUT2D eigenvalue weighted by Crippen LogP contribution is -2.33. The van der Waals surface area contributed by atoms with E-state index < -0.39 is 0 Å². The molecule has 0 saturated carbocycles. The predicted octanol–water partition coefficient (Wildman–Crippen LogP) is 2.51. The van der Waals surface area contributed by atoms with Crippen molar-refractivity contribution >= 4 is 5.97 Å². The van der Waals surface area contributed by atoms with E-state index in [-0.39, 0.29) is 5.97 Å². The van der Waals surface area contributed by atoms with E-state index in [1.165, 1.54) is 5.56 Å². The average molecular weight is 279 g/mol. The molecular weight excluding hydrogens is 254 g/mol. The van der Waals surface area contributed by atoms with Gasteiger partial charge in [0.25, 0.3) is 0 Å². The Morgan fingerprint density at radius 3 is 2.40 bits per heavy atom. The molecule has 20 heavy (non-hydrogen) atoms. The number of esters is 1. The minimum atomic E-state index is -0.143. The minimum absolute atomic E-state index is 0.143. The molecule has 0 atom stereocenters. The van der Waals surface area contributed by atoms with Crippen molar-refractivity contribution < 1.29 is 14.3 Å². The van der Waals surface area contributed by atoms with Crippen molar-refractivity contribution in [3.05, 3.63) is 29.8 Å². The van der Waals surface area contributed by atoms with Crippen molar-refractivity contribution in [3.63, 3.8) is 0 Å². The predicted molar refractivity (Wildman–Crippen MR) is 80.1 cm³/mol. The second kappa shape index (κ2) is 9.37. The lowest BCUT2D eigenvalue weighted by molar-refractivity contribution is -0.144. The van der Waals surface area contributed by atoms with Gasteiger partial charge in [-0.25, -0.2) is 0 Å². The summed E-state index contributed by atoms with van der Waals surface area (Å²) in [6.45, 7) is 6.54. The van der Waals surface area contributed by atoms with Gasteiger partial charge in [0.1, 0.15) is 5.75 Å². The number of hydrogen-bond donors (Lipinski definition) is 0. The Labute approximate surface area is 121 Å². The number of nitrogens with zero attached hydrogens (tertiary/aromatic N) is 1. The van der Waals surface area contributed by atoms with Crippen molar-refractivity contribution in [2.75, 3.05) is 33.4 Å². The van der Waals surface area contributed by atoms with Crippen LogP contribution in [0.4, 0.5) is 0 Å². The van der Waals surface area contributed by atoms with E-state index in [4.69, 9.17) is 9.47 Å². The zero-order valence-corrected chi connectivity index (χ0v) is 12.7. The lowest BCUT2D eigenvalue weighted by Gasteiger charge is -2.20. The number of ether oxygens (including phenoxy) is 2. The van der Waals surface area contributed by atoms with Crippen molar-refractivity contribution in [3.8, 4) is 5.75 Å². The van der Waals surface area contributed by atoms with E-state index in [0.717, 1.165) is 31.7 Å². The summed E-state index contributed by atoms with van der Waals surface area (Å²) in [6.07, 6.45) is 1.95. The highest BCUT2D eigenvalue weighted by atomic mass is 16.5. The van der Waals surface area contributed by atoms with Gasteiger partial charge < -0.3 is 9.47 Å². The average Bonchev–Trinajstić information content (AvgIpc) is 2.46. The largest absolute Gasteiger partial charge is 0.497 e. The first-order valence-corrected chi connectivity index (χ1v) is 7.20. The molecule has 0 fully saturated rings. The molecule has 0 spiro atoms. The molecular formula is C16H25NO3. The molecule has 0 unspecified atom stereocenters. The van der Waals surface area contributed by atoms with Crippen LogP contribution in [0.25, 0.3) is 0 Å². The van der Waals surface area contributed by atoms with Gasteiger partial charge in [-0.05, 0) is 44.0 Å². The molecule has 4 heteroatoms. The number of hydrogen-bond acceptors (Lipinski definition) is 4. The number of carbonyl (C=O) groups excluding carboxylic acids is 1. The zero-order chi connectivity index (χ0) is 14.8. The first-order chi connectivity index (χ1) is 9.69. The van der Waals surface area contributed by atoms with E-state index in [9.17, 15) is 4.79 Å². The topological polar surface area (TPSA) is 38.8 Å². The van der Waals surface area contributed by atoms with Crippen LogP contribution in [0.5, 0.6) is 5.75 Å². The van der Waals surface area contributed by atoms with Crippen LogP contribution < -0.4 is 4.74 Å². The van der Waals surface area contributed by atoms with Crippen molar-refractivity contribution in [1.82, 2.24) is 4.90 Å². The van der Waals surface area contributed by atoms with Crippen molar-refractivity contribution in [2.24, 2.45) is 0 Å². The molecule has 1 aromatic rings. The van der Waals surface area contributed by atoms with Gasteiger partial charge in [-0.15, -0.1) is 0 Å². The number of carbonyl (C=O) groups is 1. The third-order valence-corrected chi connectivity index (χ3v) is 3.07. The van der Waals surface area contributed by atoms with Crippen molar-refractivity contribution in [2.45, 2.75) is 26.7 Å². The van der Waals surface area contributed by atoms with E-state index in [0.29, 0.717) is 13.2 Å². The SMILES string of the molecule is CCCN(CCc1ccc(OC)cc1)CC(=O)OCC. The van der Waals surface area contributed by atoms with Crippen LogP contribution in [0, 0.1) is 0 Å². The van der Waals surface area contributed by atoms with Gasteiger partial charge >= 0.3 is 5.97 Å². The van der Waals surface area contributed by atoms with E-state index in [2.05, 4.69) is 24.0 Å². The molecule has 0 aromatic heterocycles. The van der Waals surface area contributed by atoms with Crippen LogP contribution in [-0.2, 0) is 16.0 Å². The summed E-state index contributed by atoms with van der Waals surface area (Å²) in [4.78, 5) is 13.7. The molecule has 4 nitrogen and oxygen atoms in total. The van der Waals surface area contributed by atoms with Crippen LogP contribution in [0.3, 0.4) is 0 Å². The fourth-order valence-electron chi connectivity index (χ4n) is 2.05. The summed E-state index contributed by atoms with van der Waals surface area (Å²) in [7, 11) is 1.66. The molecule has 1 rings (SSSR count). The normalized spacial score (nSPS) is 10.6. The van der Waals surface area contributed by atoms with Gasteiger partial charge in [0, 0.05) is 6.54 Å². The van der Waals surface area contributed by atoms with Gasteiger partial charge in [-0.1, -0.05) is 19.1 Å². The van der Waals surface area contributed by atoms with Gasteiger partial charge in [0.2, 0.25) is 0 Å². The highest BCUT2D eigenvalue weighted by Crippen LogP contribution is 2.12. The molecule has 0 heterocycles. The summed E-state index contributed by atoms with van der Waals surface area (Å²) in [6, 6.07) is 8.05. The number of rotatable bonds is 9. The highest BCUT2D eigenvalue weighted by Gasteiger charge is 2.10. The van der Waals surface area contributed by atoms with Crippen LogP contribution in [-0.4, -0.2) is 44.2 Å². The van der Waals surface area contributed by atoms with Gasteiger partial charge in [-0.2, -0.15) is 0 Å². The molecule has 1 aromatic carbocycles. The maximum Gasteiger partial charge on any atom is 0.320 e. The Morgan fingerprint density at radius 1 is 1.15 bits per heavy atom. The van der Waals surface area contributed by atoms with E-state index in [1.807, 2.05) is 19.1 Å². The Balaban J connectivity index is 2.46. The smallest absolute Gasteiger partial charge is 0.320 e. The Hall–Kier alpha value is -1.55. The molecule has 0 aliphatic carbocycles. The van der Waals surface area contributed by atoms with Gasteiger partial charge in [0.15, 0.2) is 0 Å². The molecule has 0 amide bonds. The fourth-order valence-corrected chi connectivity index (χ4v) is 2.05. The molecule has 0 saturated heterocycles. The second-order valence-corrected chi connectivity index (χ2v) is 4.68. The van der Waals surface area contributed by atoms with Crippen LogP contribution in [0.15, 0.2) is 24.3 Å².